The number of amides is 1. The molecule has 3 aromatic rings. The van der Waals surface area contributed by atoms with Gasteiger partial charge in [-0.15, -0.1) is 0 Å². The third-order valence-electron chi connectivity index (χ3n) is 4.34. The van der Waals surface area contributed by atoms with Gasteiger partial charge in [0.25, 0.3) is 0 Å². The Kier molecular flexibility index (Phi) is 6.16. The highest BCUT2D eigenvalue weighted by atomic mass is 32.2. The van der Waals surface area contributed by atoms with Crippen LogP contribution in [0.15, 0.2) is 53.1 Å². The minimum Gasteiger partial charge on any atom is -0.345 e. The van der Waals surface area contributed by atoms with Crippen molar-refractivity contribution in [1.29, 1.82) is 0 Å². The molecule has 0 bridgehead atoms. The van der Waals surface area contributed by atoms with Gasteiger partial charge < -0.3 is 9.84 Å². The van der Waals surface area contributed by atoms with Gasteiger partial charge in [0.1, 0.15) is 11.9 Å². The summed E-state index contributed by atoms with van der Waals surface area (Å²) in [6.07, 6.45) is 0.912. The second-order valence-corrected chi connectivity index (χ2v) is 8.64. The lowest BCUT2D eigenvalue weighted by Gasteiger charge is -2.28. The Hall–Kier alpha value is -3.27. The van der Waals surface area contributed by atoms with Crippen LogP contribution < -0.4 is 9.62 Å². The summed E-state index contributed by atoms with van der Waals surface area (Å²) in [4.78, 5) is 16.8. The number of rotatable bonds is 7. The van der Waals surface area contributed by atoms with Crippen LogP contribution in [0.2, 0.25) is 0 Å². The lowest BCUT2D eigenvalue weighted by Crippen LogP contribution is -2.48. The van der Waals surface area contributed by atoms with Crippen molar-refractivity contribution >= 4 is 21.6 Å². The molecule has 10 heteroatoms. The zero-order valence-electron chi connectivity index (χ0n) is 16.7. The molecule has 0 saturated carbocycles. The topological polar surface area (TPSA) is 105 Å². The van der Waals surface area contributed by atoms with Crippen LogP contribution in [0, 0.1) is 12.7 Å². The maximum Gasteiger partial charge on any atom is 0.246 e. The fourth-order valence-electron chi connectivity index (χ4n) is 2.95. The van der Waals surface area contributed by atoms with Crippen LogP contribution in [0.5, 0.6) is 0 Å². The summed E-state index contributed by atoms with van der Waals surface area (Å²) in [5.74, 6) is -0.856. The second kappa shape index (κ2) is 8.62. The SMILES string of the molecule is Cc1cccc(-c2noc(CNC(=O)[C@H](C)N(c3ccccc3F)S(C)(=O)=O)n2)c1. The predicted octanol–water partition coefficient (Wildman–Crippen LogP) is 2.66. The fourth-order valence-corrected chi connectivity index (χ4v) is 4.13. The summed E-state index contributed by atoms with van der Waals surface area (Å²) >= 11 is 0. The van der Waals surface area contributed by atoms with E-state index in [1.807, 2.05) is 31.2 Å². The van der Waals surface area contributed by atoms with Crippen molar-refractivity contribution < 1.29 is 22.1 Å². The molecule has 2 aromatic carbocycles. The molecule has 1 N–H and O–H groups in total. The maximum absolute atomic E-state index is 14.2. The molecule has 8 nitrogen and oxygen atoms in total. The number of sulfonamides is 1. The van der Waals surface area contributed by atoms with Crippen molar-refractivity contribution in [3.63, 3.8) is 0 Å². The van der Waals surface area contributed by atoms with Crippen LogP contribution in [0.4, 0.5) is 10.1 Å². The first-order chi connectivity index (χ1) is 14.2. The molecule has 1 aromatic heterocycles. The monoisotopic (exact) mass is 432 g/mol. The zero-order chi connectivity index (χ0) is 21.9. The standard InChI is InChI=1S/C20H21FN4O4S/c1-13-7-6-8-15(11-13)19-23-18(29-24-19)12-22-20(26)14(2)25(30(3,27)28)17-10-5-4-9-16(17)21/h4-11,14H,12H2,1-3H3,(H,22,26)/t14-/m0/s1. The molecule has 1 amide bonds. The number of carbonyl (C=O) groups excluding carboxylic acids is 1. The van der Waals surface area contributed by atoms with Crippen LogP contribution in [0.3, 0.4) is 0 Å². The van der Waals surface area contributed by atoms with Gasteiger partial charge in [-0.3, -0.25) is 9.10 Å². The Bertz CT molecular complexity index is 1160. The fraction of sp³-hybridized carbons (Fsp3) is 0.250. The van der Waals surface area contributed by atoms with Crippen molar-refractivity contribution in [1.82, 2.24) is 15.5 Å². The number of hydrogen-bond donors (Lipinski definition) is 1. The molecular formula is C20H21FN4O4S. The van der Waals surface area contributed by atoms with E-state index in [1.54, 1.807) is 0 Å². The van der Waals surface area contributed by atoms with Gasteiger partial charge in [-0.25, -0.2) is 12.8 Å². The smallest absolute Gasteiger partial charge is 0.246 e. The van der Waals surface area contributed by atoms with E-state index in [-0.39, 0.29) is 18.1 Å². The summed E-state index contributed by atoms with van der Waals surface area (Å²) in [6.45, 7) is 3.21. The van der Waals surface area contributed by atoms with Gasteiger partial charge in [0.2, 0.25) is 27.6 Å². The van der Waals surface area contributed by atoms with Crippen LogP contribution in [0.25, 0.3) is 11.4 Å². The van der Waals surface area contributed by atoms with Gasteiger partial charge in [0, 0.05) is 5.56 Å². The highest BCUT2D eigenvalue weighted by molar-refractivity contribution is 7.92. The minimum absolute atomic E-state index is 0.100. The molecule has 0 aliphatic heterocycles. The molecule has 1 heterocycles. The first-order valence-electron chi connectivity index (χ1n) is 9.08. The van der Waals surface area contributed by atoms with E-state index in [0.717, 1.165) is 27.8 Å². The Morgan fingerprint density at radius 1 is 1.23 bits per heavy atom. The van der Waals surface area contributed by atoms with Gasteiger partial charge in [0.05, 0.1) is 18.5 Å². The lowest BCUT2D eigenvalue weighted by atomic mass is 10.1. The summed E-state index contributed by atoms with van der Waals surface area (Å²) < 4.78 is 44.5. The molecule has 0 fully saturated rings. The molecule has 0 aliphatic rings. The van der Waals surface area contributed by atoms with Gasteiger partial charge in [0.15, 0.2) is 0 Å². The highest BCUT2D eigenvalue weighted by Crippen LogP contribution is 2.24. The number of para-hydroxylation sites is 1. The number of aromatic nitrogens is 2. The van der Waals surface area contributed by atoms with Crippen LogP contribution in [-0.2, 0) is 21.4 Å². The lowest BCUT2D eigenvalue weighted by molar-refractivity contribution is -0.122. The van der Waals surface area contributed by atoms with Crippen LogP contribution in [0.1, 0.15) is 18.4 Å². The maximum atomic E-state index is 14.2. The van der Waals surface area contributed by atoms with E-state index >= 15 is 0 Å². The normalized spacial score (nSPS) is 12.4. The summed E-state index contributed by atoms with van der Waals surface area (Å²) in [6, 6.07) is 11.7. The third kappa shape index (κ3) is 4.82. The van der Waals surface area contributed by atoms with Crippen LogP contribution in [-0.4, -0.2) is 36.8 Å². The highest BCUT2D eigenvalue weighted by Gasteiger charge is 2.31. The Balaban J connectivity index is 1.73. The number of carbonyl (C=O) groups is 1. The predicted molar refractivity (Wildman–Crippen MR) is 110 cm³/mol. The molecule has 0 spiro atoms. The Morgan fingerprint density at radius 3 is 2.63 bits per heavy atom. The average Bonchev–Trinajstić information content (AvgIpc) is 3.16. The van der Waals surface area contributed by atoms with E-state index in [0.29, 0.717) is 5.82 Å². The number of nitrogens with zero attached hydrogens (tertiary/aromatic N) is 3. The second-order valence-electron chi connectivity index (χ2n) is 6.79. The summed E-state index contributed by atoms with van der Waals surface area (Å²) in [7, 11) is -3.92. The first-order valence-corrected chi connectivity index (χ1v) is 10.9. The number of halogens is 1. The molecule has 3 rings (SSSR count). The van der Waals surface area contributed by atoms with Crippen molar-refractivity contribution in [2.45, 2.75) is 26.4 Å². The molecule has 1 atom stereocenters. The zero-order valence-corrected chi connectivity index (χ0v) is 17.5. The van der Waals surface area contributed by atoms with Gasteiger partial charge in [-0.05, 0) is 32.0 Å². The third-order valence-corrected chi connectivity index (χ3v) is 5.56. The van der Waals surface area contributed by atoms with Gasteiger partial charge >= 0.3 is 0 Å². The number of aryl methyl sites for hydroxylation is 1. The van der Waals surface area contributed by atoms with Gasteiger partial charge in [-0.1, -0.05) is 41.1 Å². The van der Waals surface area contributed by atoms with Crippen molar-refractivity contribution in [2.75, 3.05) is 10.6 Å². The quantitative estimate of drug-likeness (QED) is 0.615. The molecule has 0 aliphatic carbocycles. The van der Waals surface area contributed by atoms with Crippen molar-refractivity contribution in [3.8, 4) is 11.4 Å². The molecule has 158 valence electrons. The van der Waals surface area contributed by atoms with E-state index in [1.165, 1.54) is 25.1 Å². The molecule has 0 unspecified atom stereocenters. The van der Waals surface area contributed by atoms with E-state index in [4.69, 9.17) is 4.52 Å². The van der Waals surface area contributed by atoms with Crippen molar-refractivity contribution in [3.05, 3.63) is 65.8 Å². The first kappa shape index (κ1) is 21.4. The Labute approximate surface area is 173 Å². The molecule has 30 heavy (non-hydrogen) atoms. The minimum atomic E-state index is -3.92. The molecule has 0 saturated heterocycles. The Morgan fingerprint density at radius 2 is 1.97 bits per heavy atom. The van der Waals surface area contributed by atoms with E-state index < -0.39 is 27.8 Å². The van der Waals surface area contributed by atoms with E-state index in [9.17, 15) is 17.6 Å². The summed E-state index contributed by atoms with van der Waals surface area (Å²) in [5, 5.41) is 6.44. The number of anilines is 1. The van der Waals surface area contributed by atoms with Crippen LogP contribution >= 0.6 is 0 Å². The largest absolute Gasteiger partial charge is 0.345 e. The molecular weight excluding hydrogens is 411 g/mol. The average molecular weight is 432 g/mol. The number of hydrogen-bond acceptors (Lipinski definition) is 6. The number of benzene rings is 2. The molecule has 0 radical (unpaired) electrons. The van der Waals surface area contributed by atoms with Crippen molar-refractivity contribution in [2.24, 2.45) is 0 Å². The number of nitrogens with one attached hydrogen (secondary N) is 1. The van der Waals surface area contributed by atoms with E-state index in [2.05, 4.69) is 15.5 Å². The van der Waals surface area contributed by atoms with Gasteiger partial charge in [-0.2, -0.15) is 4.98 Å². The summed E-state index contributed by atoms with van der Waals surface area (Å²) in [5.41, 5.74) is 1.60.